The Labute approximate surface area is 225 Å². The van der Waals surface area contributed by atoms with Gasteiger partial charge < -0.3 is 19.3 Å². The number of benzene rings is 2. The Hall–Kier alpha value is -3.58. The zero-order valence-electron chi connectivity index (χ0n) is 22.0. The second-order valence-corrected chi connectivity index (χ2v) is 11.2. The lowest BCUT2D eigenvalue weighted by atomic mass is 10.0. The number of nitrogens with zero attached hydrogens (tertiary/aromatic N) is 4. The lowest BCUT2D eigenvalue weighted by molar-refractivity contribution is -0.0500. The third-order valence-corrected chi connectivity index (χ3v) is 7.62. The first kappa shape index (κ1) is 28.4. The van der Waals surface area contributed by atoms with Gasteiger partial charge in [0.25, 0.3) is 5.91 Å². The van der Waals surface area contributed by atoms with Gasteiger partial charge in [0, 0.05) is 56.2 Å². The molecule has 4 rings (SSSR count). The Morgan fingerprint density at radius 3 is 2.36 bits per heavy atom. The van der Waals surface area contributed by atoms with E-state index in [-0.39, 0.29) is 5.91 Å². The van der Waals surface area contributed by atoms with Crippen molar-refractivity contribution in [2.45, 2.75) is 25.4 Å². The predicted molar refractivity (Wildman–Crippen MR) is 141 cm³/mol. The summed E-state index contributed by atoms with van der Waals surface area (Å²) in [6.07, 6.45) is 3.11. The van der Waals surface area contributed by atoms with E-state index in [1.807, 2.05) is 25.1 Å². The van der Waals surface area contributed by atoms with Crippen LogP contribution < -0.4 is 14.4 Å². The van der Waals surface area contributed by atoms with Gasteiger partial charge in [-0.3, -0.25) is 9.48 Å². The van der Waals surface area contributed by atoms with E-state index in [0.29, 0.717) is 22.3 Å². The molecular weight excluding hydrogens is 535 g/mol. The smallest absolute Gasteiger partial charge is 0.376 e. The summed E-state index contributed by atoms with van der Waals surface area (Å²) in [6, 6.07) is 8.98. The monoisotopic (exact) mass is 565 g/mol. The summed E-state index contributed by atoms with van der Waals surface area (Å²) in [7, 11) is -2.17. The van der Waals surface area contributed by atoms with Crippen LogP contribution in [0.4, 0.5) is 18.9 Å². The number of aromatic nitrogens is 2. The number of amides is 1. The van der Waals surface area contributed by atoms with Gasteiger partial charge in [0.2, 0.25) is 0 Å². The van der Waals surface area contributed by atoms with E-state index in [9.17, 15) is 26.4 Å². The first-order chi connectivity index (χ1) is 18.2. The minimum Gasteiger partial charge on any atom is -0.376 e. The molecule has 9 nitrogen and oxygen atoms in total. The summed E-state index contributed by atoms with van der Waals surface area (Å²) in [4.78, 5) is 17.8. The molecule has 0 bridgehead atoms. The highest BCUT2D eigenvalue weighted by Gasteiger charge is 2.48. The molecule has 3 aromatic rings. The van der Waals surface area contributed by atoms with Crippen LogP contribution in [0.5, 0.6) is 5.75 Å². The van der Waals surface area contributed by atoms with Crippen molar-refractivity contribution in [1.82, 2.24) is 20.0 Å². The van der Waals surface area contributed by atoms with Crippen molar-refractivity contribution in [3.63, 3.8) is 0 Å². The van der Waals surface area contributed by atoms with Crippen LogP contribution in [-0.2, 0) is 17.2 Å². The number of aryl methyl sites for hydroxylation is 2. The first-order valence-corrected chi connectivity index (χ1v) is 13.6. The van der Waals surface area contributed by atoms with E-state index in [2.05, 4.69) is 31.4 Å². The van der Waals surface area contributed by atoms with Crippen molar-refractivity contribution in [3.8, 4) is 16.9 Å². The third-order valence-electron chi connectivity index (χ3n) is 6.64. The van der Waals surface area contributed by atoms with E-state index in [1.165, 1.54) is 23.0 Å². The normalized spacial score (nSPS) is 15.7. The predicted octanol–water partition coefficient (Wildman–Crippen LogP) is 3.87. The van der Waals surface area contributed by atoms with Crippen LogP contribution in [-0.4, -0.2) is 67.7 Å². The quantitative estimate of drug-likeness (QED) is 0.343. The standard InChI is InChI=1S/C26H30F3N5O4S/c1-17-5-6-22(34-9-7-32(3)8-10-34)14-24(17)25(35)31-18(2)19-11-20(21-15-30-33(4)16-21)13-23(12-19)38-39(36,37)26(27,28)29/h5-6,11-16,18H,7-10H2,1-4H3,(H,31,35)/t18-/m1/s1. The molecule has 39 heavy (non-hydrogen) atoms. The van der Waals surface area contributed by atoms with Gasteiger partial charge in [-0.05, 0) is 67.9 Å². The number of hydrogen-bond acceptors (Lipinski definition) is 7. The summed E-state index contributed by atoms with van der Waals surface area (Å²) in [5.74, 6) is -0.897. The Kier molecular flexibility index (Phi) is 7.94. The highest BCUT2D eigenvalue weighted by molar-refractivity contribution is 7.88. The van der Waals surface area contributed by atoms with Gasteiger partial charge in [-0.1, -0.05) is 6.07 Å². The highest BCUT2D eigenvalue weighted by Crippen LogP contribution is 2.33. The molecule has 1 fully saturated rings. The minimum absolute atomic E-state index is 0.352. The molecule has 1 aliphatic rings. The maximum absolute atomic E-state index is 13.3. The summed E-state index contributed by atoms with van der Waals surface area (Å²) in [6.45, 7) is 6.97. The molecular formula is C26H30F3N5O4S. The minimum atomic E-state index is -5.89. The maximum atomic E-state index is 13.3. The van der Waals surface area contributed by atoms with Crippen LogP contribution in [0.25, 0.3) is 11.1 Å². The molecule has 13 heteroatoms. The fourth-order valence-electron chi connectivity index (χ4n) is 4.30. The number of piperazine rings is 1. The summed E-state index contributed by atoms with van der Waals surface area (Å²) >= 11 is 0. The van der Waals surface area contributed by atoms with E-state index in [0.717, 1.165) is 37.4 Å². The van der Waals surface area contributed by atoms with Crippen molar-refractivity contribution in [2.75, 3.05) is 38.1 Å². The average molecular weight is 566 g/mol. The van der Waals surface area contributed by atoms with E-state index < -0.39 is 27.4 Å². The largest absolute Gasteiger partial charge is 0.534 e. The summed E-state index contributed by atoms with van der Waals surface area (Å²) in [5, 5.41) is 6.94. The Bertz CT molecular complexity index is 1460. The number of alkyl halides is 3. The van der Waals surface area contributed by atoms with Crippen LogP contribution in [0, 0.1) is 6.92 Å². The van der Waals surface area contributed by atoms with Gasteiger partial charge in [-0.25, -0.2) is 0 Å². The number of likely N-dealkylation sites (N-methyl/N-ethyl adjacent to an activating group) is 1. The molecule has 0 saturated carbocycles. The van der Waals surface area contributed by atoms with Crippen molar-refractivity contribution >= 4 is 21.7 Å². The zero-order valence-corrected chi connectivity index (χ0v) is 22.8. The Morgan fingerprint density at radius 1 is 1.05 bits per heavy atom. The topological polar surface area (TPSA) is 96.8 Å². The van der Waals surface area contributed by atoms with Gasteiger partial charge >= 0.3 is 15.6 Å². The Morgan fingerprint density at radius 2 is 1.74 bits per heavy atom. The van der Waals surface area contributed by atoms with Gasteiger partial charge in [0.15, 0.2) is 0 Å². The molecule has 0 radical (unpaired) electrons. The number of hydrogen-bond donors (Lipinski definition) is 1. The van der Waals surface area contributed by atoms with Gasteiger partial charge in [0.05, 0.1) is 12.2 Å². The molecule has 0 unspecified atom stereocenters. The fourth-order valence-corrected chi connectivity index (χ4v) is 4.75. The molecule has 1 aliphatic heterocycles. The number of nitrogens with one attached hydrogen (secondary N) is 1. The number of carbonyl (C=O) groups excluding carboxylic acids is 1. The third kappa shape index (κ3) is 6.53. The molecule has 1 aromatic heterocycles. The highest BCUT2D eigenvalue weighted by atomic mass is 32.2. The lowest BCUT2D eigenvalue weighted by Gasteiger charge is -2.34. The first-order valence-electron chi connectivity index (χ1n) is 12.2. The number of carbonyl (C=O) groups is 1. The number of rotatable bonds is 7. The van der Waals surface area contributed by atoms with Gasteiger partial charge in [0.1, 0.15) is 5.75 Å². The van der Waals surface area contributed by atoms with Crippen LogP contribution >= 0.6 is 0 Å². The van der Waals surface area contributed by atoms with Crippen molar-refractivity contribution in [2.24, 2.45) is 7.05 Å². The van der Waals surface area contributed by atoms with Crippen molar-refractivity contribution in [3.05, 3.63) is 65.5 Å². The molecule has 2 heterocycles. The molecule has 2 aromatic carbocycles. The van der Waals surface area contributed by atoms with E-state index in [4.69, 9.17) is 0 Å². The molecule has 1 N–H and O–H groups in total. The molecule has 1 atom stereocenters. The second-order valence-electron chi connectivity index (χ2n) is 9.66. The van der Waals surface area contributed by atoms with Crippen molar-refractivity contribution in [1.29, 1.82) is 0 Å². The lowest BCUT2D eigenvalue weighted by Crippen LogP contribution is -2.44. The molecule has 210 valence electrons. The van der Waals surface area contributed by atoms with Gasteiger partial charge in [-0.2, -0.15) is 26.7 Å². The summed E-state index contributed by atoms with van der Waals surface area (Å²) < 4.78 is 68.3. The fraction of sp³-hybridized carbons (Fsp3) is 0.385. The van der Waals surface area contributed by atoms with Crippen molar-refractivity contribution < 1.29 is 30.6 Å². The molecule has 0 spiro atoms. The van der Waals surface area contributed by atoms with Crippen LogP contribution in [0.15, 0.2) is 48.8 Å². The second kappa shape index (κ2) is 10.9. The maximum Gasteiger partial charge on any atom is 0.534 e. The van der Waals surface area contributed by atoms with Crippen LogP contribution in [0.1, 0.15) is 34.5 Å². The number of anilines is 1. The molecule has 0 aliphatic carbocycles. The van der Waals surface area contributed by atoms with Crippen LogP contribution in [0.2, 0.25) is 0 Å². The van der Waals surface area contributed by atoms with E-state index in [1.54, 1.807) is 26.2 Å². The van der Waals surface area contributed by atoms with Crippen LogP contribution in [0.3, 0.4) is 0 Å². The van der Waals surface area contributed by atoms with E-state index >= 15 is 0 Å². The average Bonchev–Trinajstić information content (AvgIpc) is 3.30. The zero-order chi connectivity index (χ0) is 28.5. The molecule has 1 amide bonds. The number of halogens is 3. The van der Waals surface area contributed by atoms with Gasteiger partial charge in [-0.15, -0.1) is 0 Å². The Balaban J connectivity index is 1.62. The molecule has 1 saturated heterocycles. The SMILES string of the molecule is Cc1ccc(N2CCN(C)CC2)cc1C(=O)N[C@H](C)c1cc(OS(=O)(=O)C(F)(F)F)cc(-c2cnn(C)c2)c1. The summed E-state index contributed by atoms with van der Waals surface area (Å²) in [5.41, 5.74) is -2.17.